The van der Waals surface area contributed by atoms with Crippen LogP contribution in [0.1, 0.15) is 60.3 Å². The molecule has 6 aromatic rings. The van der Waals surface area contributed by atoms with Crippen LogP contribution in [0.4, 0.5) is 5.82 Å². The van der Waals surface area contributed by atoms with Crippen molar-refractivity contribution in [2.75, 3.05) is 53.6 Å². The van der Waals surface area contributed by atoms with Gasteiger partial charge in [0.25, 0.3) is 11.5 Å². The minimum atomic E-state index is -2.54. The van der Waals surface area contributed by atoms with Gasteiger partial charge in [-0.25, -0.2) is 9.59 Å². The molecule has 1 amide bonds. The third-order valence-electron chi connectivity index (χ3n) is 14.2. The number of anilines is 1. The second kappa shape index (κ2) is 24.0. The molecule has 19 nitrogen and oxygen atoms in total. The van der Waals surface area contributed by atoms with Crippen molar-refractivity contribution in [2.24, 2.45) is 0 Å². The van der Waals surface area contributed by atoms with Crippen LogP contribution in [0.5, 0.6) is 11.5 Å². The Morgan fingerprint density at radius 2 is 1.21 bits per heavy atom. The number of nitrogens with zero attached hydrogens (tertiary/aromatic N) is 3. The van der Waals surface area contributed by atoms with E-state index in [1.165, 1.54) is 47.9 Å². The predicted molar refractivity (Wildman–Crippen MR) is 288 cm³/mol. The summed E-state index contributed by atoms with van der Waals surface area (Å²) in [7, 11) is 1.86. The Hall–Kier alpha value is -6.16. The van der Waals surface area contributed by atoms with Gasteiger partial charge in [0.05, 0.1) is 27.4 Å². The number of nitrogens with one attached hydrogen (secondary N) is 2. The number of hydrogen-bond acceptors (Lipinski definition) is 15. The van der Waals surface area contributed by atoms with Gasteiger partial charge in [-0.1, -0.05) is 93.6 Å². The van der Waals surface area contributed by atoms with Gasteiger partial charge in [0.2, 0.25) is 0 Å². The van der Waals surface area contributed by atoms with Gasteiger partial charge in [0.15, 0.2) is 29.1 Å². The fourth-order valence-corrected chi connectivity index (χ4v) is 11.5. The van der Waals surface area contributed by atoms with Crippen molar-refractivity contribution in [3.05, 3.63) is 187 Å². The summed E-state index contributed by atoms with van der Waals surface area (Å²) >= 11 is 0. The van der Waals surface area contributed by atoms with Crippen LogP contribution in [0.2, 0.25) is 18.1 Å². The molecule has 76 heavy (non-hydrogen) atoms. The van der Waals surface area contributed by atoms with Crippen LogP contribution in [0, 0.1) is 0 Å². The molecular weight excluding hydrogens is 1010 g/mol. The average Bonchev–Trinajstić information content (AvgIpc) is 4.03. The number of ether oxygens (including phenoxy) is 7. The Balaban J connectivity index is 1.10. The fraction of sp³-hybridized carbons (Fsp3) is 0.400. The monoisotopic (exact) mass is 1080 g/mol. The third kappa shape index (κ3) is 12.0. The molecule has 0 aliphatic carbocycles. The number of aromatic nitrogens is 4. The first kappa shape index (κ1) is 56.1. The van der Waals surface area contributed by atoms with Crippen molar-refractivity contribution in [3.63, 3.8) is 0 Å². The van der Waals surface area contributed by atoms with E-state index < -0.39 is 94.2 Å². The van der Waals surface area contributed by atoms with E-state index in [0.29, 0.717) is 17.1 Å². The molecule has 1 unspecified atom stereocenters. The zero-order chi connectivity index (χ0) is 54.4. The van der Waals surface area contributed by atoms with Crippen LogP contribution in [0.25, 0.3) is 0 Å². The molecular formula is C55H66N5O14PSi. The summed E-state index contributed by atoms with van der Waals surface area (Å²) in [6, 6.07) is 36.4. The highest BCUT2D eigenvalue weighted by Gasteiger charge is 2.53. The second-order valence-corrected chi connectivity index (χ2v) is 25.9. The van der Waals surface area contributed by atoms with Gasteiger partial charge in [-0.3, -0.25) is 23.7 Å². The van der Waals surface area contributed by atoms with E-state index in [1.807, 2.05) is 78.9 Å². The molecule has 4 heterocycles. The van der Waals surface area contributed by atoms with Gasteiger partial charge >= 0.3 is 11.4 Å². The van der Waals surface area contributed by atoms with Gasteiger partial charge in [-0.15, -0.1) is 0 Å². The van der Waals surface area contributed by atoms with Crippen LogP contribution in [-0.4, -0.2) is 118 Å². The largest absolute Gasteiger partial charge is 0.497 e. The first-order valence-electron chi connectivity index (χ1n) is 24.7. The Bertz CT molecular complexity index is 3020. The number of rotatable bonds is 21. The summed E-state index contributed by atoms with van der Waals surface area (Å²) in [4.78, 5) is 59.0. The molecule has 2 aliphatic heterocycles. The molecule has 2 N–H and O–H groups in total. The van der Waals surface area contributed by atoms with E-state index in [9.17, 15) is 19.2 Å². The Morgan fingerprint density at radius 1 is 0.684 bits per heavy atom. The third-order valence-corrected chi connectivity index (χ3v) is 19.7. The zero-order valence-corrected chi connectivity index (χ0v) is 46.1. The maximum Gasteiger partial charge on any atom is 0.351 e. The van der Waals surface area contributed by atoms with E-state index in [4.69, 9.17) is 46.6 Å². The molecule has 4 aromatic carbocycles. The van der Waals surface area contributed by atoms with Crippen molar-refractivity contribution < 1.29 is 51.4 Å². The molecule has 0 spiro atoms. The molecule has 8 rings (SSSR count). The topological polar surface area (TPSA) is 211 Å². The van der Waals surface area contributed by atoms with Crippen LogP contribution >= 0.6 is 8.38 Å². The van der Waals surface area contributed by atoms with Gasteiger partial charge in [-0.05, 0) is 77.3 Å². The van der Waals surface area contributed by atoms with Gasteiger partial charge in [0.1, 0.15) is 59.5 Å². The number of H-pyrrole nitrogens is 1. The summed E-state index contributed by atoms with van der Waals surface area (Å²) in [5, 5.41) is 2.47. The maximum absolute atomic E-state index is 13.8. The maximum atomic E-state index is 13.8. The highest BCUT2D eigenvalue weighted by atomic mass is 31.2. The van der Waals surface area contributed by atoms with E-state index >= 15 is 0 Å². The number of amides is 1. The molecule has 0 saturated carbocycles. The van der Waals surface area contributed by atoms with Crippen molar-refractivity contribution in [2.45, 2.75) is 93.6 Å². The zero-order valence-electron chi connectivity index (χ0n) is 44.2. The molecule has 0 bridgehead atoms. The summed E-state index contributed by atoms with van der Waals surface area (Å²) in [5.41, 5.74) is -0.449. The molecule has 2 saturated heterocycles. The van der Waals surface area contributed by atoms with Crippen LogP contribution in [-0.2, 0) is 42.8 Å². The van der Waals surface area contributed by atoms with E-state index in [1.54, 1.807) is 51.2 Å². The Labute approximate surface area is 443 Å². The highest BCUT2D eigenvalue weighted by molar-refractivity contribution is 7.46. The first-order chi connectivity index (χ1) is 36.4. The number of carbonyl (C=O) groups excluding carboxylic acids is 1. The van der Waals surface area contributed by atoms with Crippen molar-refractivity contribution >= 4 is 28.4 Å². The normalized spacial score (nSPS) is 22.3. The van der Waals surface area contributed by atoms with Gasteiger partial charge in [0, 0.05) is 44.9 Å². The average molecular weight is 1080 g/mol. The number of benzene rings is 4. The standard InChI is InChI=1S/C55H66N5O14PSi/c1-54(2,3)76(9,10)74-46-42(72-51(48(46)68-7)59-31-29-43(57-52(59)63)56-49(62)35-17-13-11-14-18-35)34-70-75(8)73-45-41(71-50(47(45)67-6)60-32-30-44(61)58-53(60)64)33-69-55(36-19-15-12-16-20-36,37-21-25-39(65-4)26-22-37)38-23-27-40(66-5)28-24-38/h11-32,41-42,45-48,50-51H,33-34H2,1-10H3,(H,58,61,64)(H,56,57,62,63)/t41-,42-,45-,46-,47-,48-,50-,51-,75?/m1/s1. The number of carbonyl (C=O) groups is 1. The lowest BCUT2D eigenvalue weighted by molar-refractivity contribution is -0.0956. The summed E-state index contributed by atoms with van der Waals surface area (Å²) in [6.45, 7) is 12.2. The fourth-order valence-electron chi connectivity index (χ4n) is 9.16. The highest BCUT2D eigenvalue weighted by Crippen LogP contribution is 2.48. The number of aromatic amines is 1. The lowest BCUT2D eigenvalue weighted by Gasteiger charge is -2.40. The van der Waals surface area contributed by atoms with Crippen LogP contribution < -0.4 is 31.7 Å². The summed E-state index contributed by atoms with van der Waals surface area (Å²) < 4.78 is 67.2. The Kier molecular flexibility index (Phi) is 17.7. The lowest BCUT2D eigenvalue weighted by Crippen LogP contribution is -2.50. The quantitative estimate of drug-likeness (QED) is 0.0403. The van der Waals surface area contributed by atoms with Gasteiger partial charge in [-0.2, -0.15) is 4.98 Å². The van der Waals surface area contributed by atoms with E-state index in [-0.39, 0.29) is 24.1 Å². The van der Waals surface area contributed by atoms with Crippen molar-refractivity contribution in [3.8, 4) is 11.5 Å². The Morgan fingerprint density at radius 3 is 1.75 bits per heavy atom. The number of hydrogen-bond donors (Lipinski definition) is 2. The molecule has 21 heteroatoms. The minimum Gasteiger partial charge on any atom is -0.497 e. The second-order valence-electron chi connectivity index (χ2n) is 19.8. The van der Waals surface area contributed by atoms with Crippen molar-refractivity contribution in [1.29, 1.82) is 0 Å². The van der Waals surface area contributed by atoms with E-state index in [2.05, 4.69) is 49.1 Å². The van der Waals surface area contributed by atoms with Crippen molar-refractivity contribution in [1.82, 2.24) is 19.1 Å². The molecule has 0 radical (unpaired) electrons. The van der Waals surface area contributed by atoms with Crippen LogP contribution in [0.3, 0.4) is 0 Å². The smallest absolute Gasteiger partial charge is 0.351 e. The van der Waals surface area contributed by atoms with Gasteiger partial charge < -0.3 is 51.9 Å². The summed E-state index contributed by atoms with van der Waals surface area (Å²) in [6.07, 6.45) is -4.31. The molecule has 2 aliphatic rings. The van der Waals surface area contributed by atoms with E-state index in [0.717, 1.165) is 16.7 Å². The number of methoxy groups -OCH3 is 4. The van der Waals surface area contributed by atoms with Crippen LogP contribution in [0.15, 0.2) is 148 Å². The first-order valence-corrected chi connectivity index (χ1v) is 29.3. The summed E-state index contributed by atoms with van der Waals surface area (Å²) in [5.74, 6) is 0.959. The molecule has 9 atom stereocenters. The molecule has 2 aromatic heterocycles. The molecule has 404 valence electrons. The lowest BCUT2D eigenvalue weighted by atomic mass is 9.80. The minimum absolute atomic E-state index is 0.0630. The SMILES string of the molecule is COc1ccc(C(OC[C@H]2O[C@@H](n3ccc(=O)[nH]c3=O)[C@H](OC)[C@@H]2OP(C)OC[C@H]2O[C@@H](n3ccc(NC(=O)c4ccccc4)nc3=O)[C@H](OC)[C@@H]2O[Si](C)(C)C(C)(C)C)(c2ccccc2)c2ccc(OC)cc2)cc1. The predicted octanol–water partition coefficient (Wildman–Crippen LogP) is 7.63. The molecule has 2 fully saturated rings.